The second-order valence-electron chi connectivity index (χ2n) is 9.46. The minimum Gasteiger partial charge on any atom is -0.485 e. The van der Waals surface area contributed by atoms with Crippen LogP contribution in [0.5, 0.6) is 11.5 Å². The molecule has 194 valence electrons. The van der Waals surface area contributed by atoms with E-state index in [1.54, 1.807) is 6.07 Å². The number of fused-ring (bicyclic) bond motifs is 1. The highest BCUT2D eigenvalue weighted by Crippen LogP contribution is 2.33. The Bertz CT molecular complexity index is 1240. The van der Waals surface area contributed by atoms with Gasteiger partial charge in [-0.3, -0.25) is 14.9 Å². The van der Waals surface area contributed by atoms with Crippen LogP contribution in [0.4, 0.5) is 5.69 Å². The van der Waals surface area contributed by atoms with Crippen molar-refractivity contribution in [2.75, 3.05) is 13.2 Å². The van der Waals surface area contributed by atoms with Crippen molar-refractivity contribution in [1.29, 1.82) is 0 Å². The van der Waals surface area contributed by atoms with Crippen LogP contribution in [-0.4, -0.2) is 23.1 Å². The van der Waals surface area contributed by atoms with Crippen molar-refractivity contribution < 1.29 is 14.4 Å². The van der Waals surface area contributed by atoms with Crippen LogP contribution < -0.4 is 15.0 Å². The van der Waals surface area contributed by atoms with E-state index in [4.69, 9.17) is 9.47 Å². The van der Waals surface area contributed by atoms with Crippen molar-refractivity contribution in [3.05, 3.63) is 85.3 Å². The van der Waals surface area contributed by atoms with Crippen molar-refractivity contribution in [3.63, 3.8) is 0 Å². The average Bonchev–Trinajstić information content (AvgIpc) is 2.79. The van der Waals surface area contributed by atoms with Gasteiger partial charge in [0.15, 0.2) is 5.75 Å². The first-order valence-electron chi connectivity index (χ1n) is 12.3. The lowest BCUT2D eigenvalue weighted by Crippen LogP contribution is -2.14. The van der Waals surface area contributed by atoms with E-state index >= 15 is 0 Å². The molecule has 0 spiro atoms. The maximum Gasteiger partial charge on any atom is 0.294 e. The summed E-state index contributed by atoms with van der Waals surface area (Å²) in [5.41, 5.74) is 4.64. The number of hydrogen-bond donors (Lipinski definition) is 1. The fourth-order valence-corrected chi connectivity index (χ4v) is 3.54. The Labute approximate surface area is 213 Å². The van der Waals surface area contributed by atoms with Crippen molar-refractivity contribution in [2.45, 2.75) is 67.2 Å². The number of hydrogen-bond acceptors (Lipinski definition) is 5. The number of H-pyrrole nitrogens is 1. The highest BCUT2D eigenvalue weighted by molar-refractivity contribution is 5.88. The standard InChI is InChI=1S/C29H38N2O5/c1-20(2)9-7-11-22(5)15-17-35-27-25-14-13-24(31(33)34)19-26(25)30-29(32)28(27)36-18-16-23(6)12-8-10-21(3)4/h9-10,13-16,19H,7-8,11-12,17-18H2,1-6H3,(H,30,32)/b22-15+,23-16+. The molecule has 0 aliphatic rings. The van der Waals surface area contributed by atoms with E-state index in [0.29, 0.717) is 10.9 Å². The number of aromatic nitrogens is 1. The normalized spacial score (nSPS) is 11.8. The molecule has 36 heavy (non-hydrogen) atoms. The van der Waals surface area contributed by atoms with Crippen LogP contribution in [0, 0.1) is 10.1 Å². The van der Waals surface area contributed by atoms with Gasteiger partial charge in [0.2, 0.25) is 5.75 Å². The molecule has 0 aliphatic heterocycles. The molecule has 1 aromatic carbocycles. The zero-order valence-corrected chi connectivity index (χ0v) is 22.3. The first-order chi connectivity index (χ1) is 17.1. The molecule has 0 amide bonds. The Hall–Kier alpha value is -3.61. The maximum atomic E-state index is 12.9. The van der Waals surface area contributed by atoms with Gasteiger partial charge >= 0.3 is 0 Å². The molecule has 0 saturated heterocycles. The number of rotatable bonds is 13. The molecule has 2 aromatic rings. The van der Waals surface area contributed by atoms with E-state index < -0.39 is 10.5 Å². The van der Waals surface area contributed by atoms with Crippen LogP contribution in [0.3, 0.4) is 0 Å². The molecule has 7 heteroatoms. The van der Waals surface area contributed by atoms with E-state index in [1.165, 1.54) is 28.9 Å². The molecule has 0 saturated carbocycles. The molecule has 0 radical (unpaired) electrons. The van der Waals surface area contributed by atoms with Gasteiger partial charge in [-0.1, -0.05) is 34.4 Å². The lowest BCUT2D eigenvalue weighted by atomic mass is 10.1. The molecule has 0 unspecified atom stereocenters. The molecule has 0 atom stereocenters. The lowest BCUT2D eigenvalue weighted by Gasteiger charge is -2.13. The number of aromatic amines is 1. The van der Waals surface area contributed by atoms with Crippen LogP contribution in [0.1, 0.15) is 67.2 Å². The summed E-state index contributed by atoms with van der Waals surface area (Å²) in [5, 5.41) is 11.8. The van der Waals surface area contributed by atoms with Crippen molar-refractivity contribution in [3.8, 4) is 11.5 Å². The highest BCUT2D eigenvalue weighted by Gasteiger charge is 2.18. The van der Waals surface area contributed by atoms with Crippen molar-refractivity contribution in [1.82, 2.24) is 4.98 Å². The number of nitrogens with zero attached hydrogens (tertiary/aromatic N) is 1. The fraction of sp³-hybridized carbons (Fsp3) is 0.414. The number of ether oxygens (including phenoxy) is 2. The first-order valence-corrected chi connectivity index (χ1v) is 12.3. The number of allylic oxidation sites excluding steroid dienone is 6. The zero-order valence-electron chi connectivity index (χ0n) is 22.3. The summed E-state index contributed by atoms with van der Waals surface area (Å²) < 4.78 is 11.9. The van der Waals surface area contributed by atoms with E-state index in [-0.39, 0.29) is 30.4 Å². The van der Waals surface area contributed by atoms with Crippen molar-refractivity contribution >= 4 is 16.6 Å². The summed E-state index contributed by atoms with van der Waals surface area (Å²) in [6, 6.07) is 4.31. The number of nitrogens with one attached hydrogen (secondary N) is 1. The smallest absolute Gasteiger partial charge is 0.294 e. The molecule has 1 aromatic heterocycles. The molecular formula is C29H38N2O5. The second-order valence-corrected chi connectivity index (χ2v) is 9.46. The maximum absolute atomic E-state index is 12.9. The lowest BCUT2D eigenvalue weighted by molar-refractivity contribution is -0.384. The summed E-state index contributed by atoms with van der Waals surface area (Å²) in [4.78, 5) is 26.3. The van der Waals surface area contributed by atoms with Gasteiger partial charge in [-0.05, 0) is 85.4 Å². The molecule has 0 aliphatic carbocycles. The molecule has 0 fully saturated rings. The Kier molecular flexibility index (Phi) is 11.2. The third kappa shape index (κ3) is 9.21. The summed E-state index contributed by atoms with van der Waals surface area (Å²) in [6.07, 6.45) is 12.0. The van der Waals surface area contributed by atoms with Crippen LogP contribution >= 0.6 is 0 Å². The largest absolute Gasteiger partial charge is 0.485 e. The van der Waals surface area contributed by atoms with Gasteiger partial charge in [-0.25, -0.2) is 0 Å². The monoisotopic (exact) mass is 494 g/mol. The molecule has 7 nitrogen and oxygen atoms in total. The Morgan fingerprint density at radius 2 is 1.39 bits per heavy atom. The minimum absolute atomic E-state index is 0.0697. The van der Waals surface area contributed by atoms with Gasteiger partial charge in [0.25, 0.3) is 11.2 Å². The first kappa shape index (κ1) is 28.6. The number of nitro groups is 1. The zero-order chi connectivity index (χ0) is 26.7. The molecular weight excluding hydrogens is 456 g/mol. The summed E-state index contributed by atoms with van der Waals surface area (Å²) in [6.45, 7) is 12.8. The summed E-state index contributed by atoms with van der Waals surface area (Å²) in [7, 11) is 0. The van der Waals surface area contributed by atoms with Gasteiger partial charge in [-0.2, -0.15) is 0 Å². The predicted molar refractivity (Wildman–Crippen MR) is 147 cm³/mol. The van der Waals surface area contributed by atoms with E-state index in [1.807, 2.05) is 26.0 Å². The average molecular weight is 495 g/mol. The third-order valence-electron chi connectivity index (χ3n) is 5.62. The van der Waals surface area contributed by atoms with E-state index in [2.05, 4.69) is 44.8 Å². The van der Waals surface area contributed by atoms with Gasteiger partial charge in [-0.15, -0.1) is 0 Å². The quantitative estimate of drug-likeness (QED) is 0.176. The topological polar surface area (TPSA) is 94.5 Å². The van der Waals surface area contributed by atoms with Gasteiger partial charge < -0.3 is 14.5 Å². The van der Waals surface area contributed by atoms with Crippen LogP contribution in [0.25, 0.3) is 10.9 Å². The summed E-state index contributed by atoms with van der Waals surface area (Å²) >= 11 is 0. The number of benzene rings is 1. The summed E-state index contributed by atoms with van der Waals surface area (Å²) in [5.74, 6) is 0.355. The van der Waals surface area contributed by atoms with Gasteiger partial charge in [0.05, 0.1) is 10.4 Å². The molecule has 2 rings (SSSR count). The third-order valence-corrected chi connectivity index (χ3v) is 5.62. The Morgan fingerprint density at radius 1 is 0.861 bits per heavy atom. The molecule has 0 bridgehead atoms. The SMILES string of the molecule is CC(C)=CCC/C(C)=C/COc1c(OC/C=C(\C)CCC=C(C)C)c2ccc([N+](=O)[O-])cc2[nH]c1=O. The Balaban J connectivity index is 2.30. The predicted octanol–water partition coefficient (Wildman–Crippen LogP) is 7.58. The van der Waals surface area contributed by atoms with E-state index in [0.717, 1.165) is 31.3 Å². The number of pyridine rings is 1. The Morgan fingerprint density at radius 3 is 1.89 bits per heavy atom. The van der Waals surface area contributed by atoms with Gasteiger partial charge in [0, 0.05) is 17.5 Å². The number of nitro benzene ring substituents is 1. The van der Waals surface area contributed by atoms with Crippen molar-refractivity contribution in [2.24, 2.45) is 0 Å². The fourth-order valence-electron chi connectivity index (χ4n) is 3.54. The van der Waals surface area contributed by atoms with Crippen LogP contribution in [-0.2, 0) is 0 Å². The molecule has 1 N–H and O–H groups in total. The minimum atomic E-state index is -0.496. The highest BCUT2D eigenvalue weighted by atomic mass is 16.6. The number of non-ortho nitro benzene ring substituents is 1. The molecule has 1 heterocycles. The van der Waals surface area contributed by atoms with Crippen LogP contribution in [0.15, 0.2) is 69.6 Å². The van der Waals surface area contributed by atoms with Gasteiger partial charge in [0.1, 0.15) is 13.2 Å². The van der Waals surface area contributed by atoms with E-state index in [9.17, 15) is 14.9 Å². The second kappa shape index (κ2) is 14.1. The van der Waals surface area contributed by atoms with Crippen LogP contribution in [0.2, 0.25) is 0 Å².